The van der Waals surface area contributed by atoms with E-state index in [0.29, 0.717) is 16.4 Å². The molecule has 1 aromatic carbocycles. The van der Waals surface area contributed by atoms with Crippen LogP contribution >= 0.6 is 45.5 Å². The fraction of sp³-hybridized carbons (Fsp3) is 0.440. The number of ether oxygens (including phenoxy) is 1. The summed E-state index contributed by atoms with van der Waals surface area (Å²) < 4.78 is 5.70. The number of carboxylic acid groups (broad SMARTS) is 1. The van der Waals surface area contributed by atoms with Crippen LogP contribution in [0.1, 0.15) is 23.5 Å². The molecular formula is C25H19ClIN3O4S. The average Bonchev–Trinajstić information content (AvgIpc) is 3.51. The van der Waals surface area contributed by atoms with Crippen LogP contribution in [0, 0.1) is 39.9 Å². The van der Waals surface area contributed by atoms with Gasteiger partial charge in [0.15, 0.2) is 10.8 Å². The van der Waals surface area contributed by atoms with Crippen LogP contribution in [0.25, 0.3) is 0 Å². The maximum Gasteiger partial charge on any atom is 0.338 e. The van der Waals surface area contributed by atoms with Gasteiger partial charge in [-0.1, -0.05) is 52.4 Å². The van der Waals surface area contributed by atoms with Crippen molar-refractivity contribution in [3.63, 3.8) is 0 Å². The monoisotopic (exact) mass is 619 g/mol. The molecule has 10 heteroatoms. The van der Waals surface area contributed by atoms with Crippen molar-refractivity contribution in [1.82, 2.24) is 10.3 Å². The molecule has 6 aliphatic rings. The van der Waals surface area contributed by atoms with Gasteiger partial charge in [-0.2, -0.15) is 0 Å². The van der Waals surface area contributed by atoms with Gasteiger partial charge < -0.3 is 15.2 Å². The van der Waals surface area contributed by atoms with Gasteiger partial charge in [-0.25, -0.2) is 9.78 Å². The zero-order valence-electron chi connectivity index (χ0n) is 18.4. The van der Waals surface area contributed by atoms with Crippen LogP contribution in [0.3, 0.4) is 0 Å². The Hall–Kier alpha value is -1.98. The van der Waals surface area contributed by atoms with Crippen LogP contribution in [-0.2, 0) is 14.3 Å². The average molecular weight is 620 g/mol. The molecule has 0 saturated heterocycles. The summed E-state index contributed by atoms with van der Waals surface area (Å²) in [4.78, 5) is 35.2. The number of carboxylic acids is 1. The highest BCUT2D eigenvalue weighted by Crippen LogP contribution is 3.21. The van der Waals surface area contributed by atoms with Crippen molar-refractivity contribution in [3.05, 3.63) is 62.7 Å². The maximum atomic E-state index is 13.6. The van der Waals surface area contributed by atoms with Crippen molar-refractivity contribution >= 4 is 63.3 Å². The molecule has 0 bridgehead atoms. The molecule has 5 fully saturated rings. The second kappa shape index (κ2) is 6.28. The van der Waals surface area contributed by atoms with Crippen LogP contribution in [0.5, 0.6) is 0 Å². The number of carbonyl (C=O) groups is 2. The summed E-state index contributed by atoms with van der Waals surface area (Å²) in [5.74, 6) is 0.553. The Labute approximate surface area is 223 Å². The first-order valence-corrected chi connectivity index (χ1v) is 14.2. The summed E-state index contributed by atoms with van der Waals surface area (Å²) in [5, 5.41) is 16.7. The van der Waals surface area contributed by atoms with Crippen molar-refractivity contribution in [1.29, 1.82) is 0 Å². The Balaban J connectivity index is 1.32. The molecule has 9 atom stereocenters. The van der Waals surface area contributed by atoms with Crippen molar-refractivity contribution in [2.24, 2.45) is 44.9 Å². The Bertz CT molecular complexity index is 1440. The number of nitrogens with zero attached hydrogens (tertiary/aromatic N) is 2. The maximum absolute atomic E-state index is 13.6. The first-order chi connectivity index (χ1) is 16.9. The van der Waals surface area contributed by atoms with Gasteiger partial charge in [0.05, 0.1) is 17.6 Å². The number of fused-ring (bicyclic) bond motifs is 4. The Morgan fingerprint density at radius 1 is 1.29 bits per heavy atom. The van der Waals surface area contributed by atoms with E-state index < -0.39 is 23.4 Å². The predicted molar refractivity (Wildman–Crippen MR) is 136 cm³/mol. The number of aromatic nitrogens is 1. The molecule has 5 saturated carbocycles. The highest BCUT2D eigenvalue weighted by Gasteiger charge is 3.23. The number of allylic oxidation sites excluding steroid dienone is 1. The Morgan fingerprint density at radius 2 is 2.09 bits per heavy atom. The summed E-state index contributed by atoms with van der Waals surface area (Å²) in [6.45, 7) is 2.04. The topological polar surface area (TPSA) is 101 Å². The summed E-state index contributed by atoms with van der Waals surface area (Å²) in [5.41, 5.74) is 1.27. The largest absolute Gasteiger partial charge is 0.481 e. The number of alkyl halides is 1. The van der Waals surface area contributed by atoms with Gasteiger partial charge in [-0.3, -0.25) is 9.79 Å². The van der Waals surface area contributed by atoms with Crippen LogP contribution in [0.15, 0.2) is 52.1 Å². The molecule has 9 unspecified atom stereocenters. The summed E-state index contributed by atoms with van der Waals surface area (Å²) >= 11 is 10.6. The van der Waals surface area contributed by atoms with E-state index in [1.54, 1.807) is 19.2 Å². The normalized spacial score (nSPS) is 44.4. The lowest BCUT2D eigenvalue weighted by Gasteiger charge is -2.83. The number of hydrogen-bond donors (Lipinski definition) is 2. The van der Waals surface area contributed by atoms with Gasteiger partial charge in [0.25, 0.3) is 0 Å². The van der Waals surface area contributed by atoms with E-state index in [0.717, 1.165) is 16.3 Å². The van der Waals surface area contributed by atoms with E-state index in [1.807, 2.05) is 23.6 Å². The Morgan fingerprint density at radius 3 is 2.71 bits per heavy atom. The molecule has 2 heterocycles. The number of aliphatic carboxylic acids is 1. The second-order valence-corrected chi connectivity index (χ2v) is 12.9. The van der Waals surface area contributed by atoms with Crippen molar-refractivity contribution in [3.8, 4) is 0 Å². The number of nitrogens with one attached hydrogen (secondary N) is 1. The number of esters is 1. The molecule has 178 valence electrons. The smallest absolute Gasteiger partial charge is 0.338 e. The lowest BCUT2D eigenvalue weighted by atomic mass is 9.22. The minimum absolute atomic E-state index is 0.0462. The Kier molecular flexibility index (Phi) is 3.80. The zero-order valence-corrected chi connectivity index (χ0v) is 22.1. The van der Waals surface area contributed by atoms with E-state index in [4.69, 9.17) is 21.3 Å². The van der Waals surface area contributed by atoms with E-state index in [2.05, 4.69) is 32.9 Å². The third-order valence-corrected chi connectivity index (χ3v) is 12.7. The molecule has 0 amide bonds. The van der Waals surface area contributed by atoms with Gasteiger partial charge in [0, 0.05) is 37.2 Å². The first kappa shape index (κ1) is 21.1. The number of hydrogen-bond acceptors (Lipinski definition) is 7. The zero-order chi connectivity index (χ0) is 24.1. The number of rotatable bonds is 6. The number of thiazole rings is 1. The van der Waals surface area contributed by atoms with E-state index in [1.165, 1.54) is 11.3 Å². The summed E-state index contributed by atoms with van der Waals surface area (Å²) in [6.07, 6.45) is 1.74. The third-order valence-electron chi connectivity index (χ3n) is 9.74. The standard InChI is InChI=1S/C25H19ClIN3O4S/c1-2-34-21(31)11-13(9-5-3-4-6-10(9)26)29-19(20-28-7-8-35-20)30-18(11)23-14-12(17(23)27)24(22(32)33)16-15(23)25(14,16)24/h3-8,12-17H,2H2,1H3,(H,29,30)(H,32,33). The fourth-order valence-electron chi connectivity index (χ4n) is 8.98. The molecule has 7 nitrogen and oxygen atoms in total. The van der Waals surface area contributed by atoms with Gasteiger partial charge in [0.1, 0.15) is 6.04 Å². The summed E-state index contributed by atoms with van der Waals surface area (Å²) in [6, 6.07) is 6.82. The van der Waals surface area contributed by atoms with Gasteiger partial charge in [-0.15, -0.1) is 11.3 Å². The quantitative estimate of drug-likeness (QED) is 0.287. The molecule has 2 aromatic rings. The molecular weight excluding hydrogens is 601 g/mol. The number of carbonyl (C=O) groups excluding carboxylic acids is 1. The van der Waals surface area contributed by atoms with E-state index in [-0.39, 0.29) is 45.0 Å². The number of amidine groups is 1. The predicted octanol–water partition coefficient (Wildman–Crippen LogP) is 4.09. The lowest BCUT2D eigenvalue weighted by Crippen LogP contribution is -2.86. The molecule has 35 heavy (non-hydrogen) atoms. The van der Waals surface area contributed by atoms with Gasteiger partial charge in [-0.05, 0) is 42.1 Å². The summed E-state index contributed by atoms with van der Waals surface area (Å²) in [7, 11) is 0. The van der Waals surface area contributed by atoms with Crippen molar-refractivity contribution < 1.29 is 19.4 Å². The molecule has 8 rings (SSSR count). The number of aliphatic imine (C=N–C) groups is 1. The highest BCUT2D eigenvalue weighted by molar-refractivity contribution is 14.1. The van der Waals surface area contributed by atoms with Crippen molar-refractivity contribution in [2.75, 3.05) is 6.61 Å². The molecule has 1 aromatic heterocycles. The minimum atomic E-state index is -0.634. The highest BCUT2D eigenvalue weighted by atomic mass is 127. The van der Waals surface area contributed by atoms with Crippen LogP contribution in [-0.4, -0.2) is 38.4 Å². The molecule has 1 spiro atoms. The molecule has 0 radical (unpaired) electrons. The lowest BCUT2D eigenvalue weighted by molar-refractivity contribution is -0.312. The van der Waals surface area contributed by atoms with Crippen LogP contribution in [0.4, 0.5) is 0 Å². The molecule has 1 aliphatic heterocycles. The third kappa shape index (κ3) is 1.88. The fourth-order valence-corrected chi connectivity index (χ4v) is 11.9. The second-order valence-electron chi connectivity index (χ2n) is 10.3. The van der Waals surface area contributed by atoms with Crippen LogP contribution in [0.2, 0.25) is 5.02 Å². The van der Waals surface area contributed by atoms with E-state index in [9.17, 15) is 14.7 Å². The minimum Gasteiger partial charge on any atom is -0.481 e. The molecule has 5 aliphatic carbocycles. The number of halogens is 2. The van der Waals surface area contributed by atoms with E-state index >= 15 is 0 Å². The SMILES string of the molecule is CCOC(=O)C1=C(C23C(I)C4C2C25C3C2C45C(=O)O)NC(c2nccs2)=NC1c1ccccc1Cl. The van der Waals surface area contributed by atoms with Crippen LogP contribution < -0.4 is 5.32 Å². The molecule has 2 N–H and O–H groups in total. The van der Waals surface area contributed by atoms with Gasteiger partial charge in [0.2, 0.25) is 0 Å². The first-order valence-electron chi connectivity index (χ1n) is 11.7. The van der Waals surface area contributed by atoms with Gasteiger partial charge >= 0.3 is 11.9 Å². The van der Waals surface area contributed by atoms with Crippen molar-refractivity contribution in [2.45, 2.75) is 16.9 Å². The number of benzene rings is 1.